The molecule has 0 radical (unpaired) electrons. The largest absolute Gasteiger partial charge is 0.461 e. The van der Waals surface area contributed by atoms with Gasteiger partial charge in [-0.3, -0.25) is 4.79 Å². The maximum absolute atomic E-state index is 11.2. The average molecular weight is 189 g/mol. The highest BCUT2D eigenvalue weighted by atomic mass is 16.5. The molecule has 3 N–H and O–H groups in total. The lowest BCUT2D eigenvalue weighted by molar-refractivity contribution is -0.154. The van der Waals surface area contributed by atoms with Crippen LogP contribution in [0.2, 0.25) is 0 Å². The summed E-state index contributed by atoms with van der Waals surface area (Å²) in [5.74, 6) is -0.290. The molecule has 0 aliphatic heterocycles. The van der Waals surface area contributed by atoms with Gasteiger partial charge in [0.2, 0.25) is 0 Å². The number of nitrogens with two attached hydrogens (primary N) is 1. The average Bonchev–Trinajstić information content (AvgIpc) is 2.02. The van der Waals surface area contributed by atoms with Gasteiger partial charge in [-0.05, 0) is 19.8 Å². The van der Waals surface area contributed by atoms with Gasteiger partial charge in [0.25, 0.3) is 0 Å². The fourth-order valence-electron chi connectivity index (χ4n) is 0.595. The summed E-state index contributed by atoms with van der Waals surface area (Å²) in [4.78, 5) is 11.2. The van der Waals surface area contributed by atoms with Crippen molar-refractivity contribution in [2.75, 3.05) is 0 Å². The summed E-state index contributed by atoms with van der Waals surface area (Å²) in [5.41, 5.74) is 5.38. The number of ether oxygens (including phenoxy) is 1. The van der Waals surface area contributed by atoms with Gasteiger partial charge in [0.1, 0.15) is 12.1 Å². The summed E-state index contributed by atoms with van der Waals surface area (Å²) < 4.78 is 5.01. The molecule has 0 aromatic rings. The van der Waals surface area contributed by atoms with E-state index in [1.54, 1.807) is 6.92 Å². The van der Waals surface area contributed by atoms with Gasteiger partial charge in [-0.15, -0.1) is 0 Å². The van der Waals surface area contributed by atoms with Crippen molar-refractivity contribution in [3.8, 4) is 0 Å². The van der Waals surface area contributed by atoms with Crippen LogP contribution in [0.15, 0.2) is 0 Å². The first kappa shape index (κ1) is 12.4. The van der Waals surface area contributed by atoms with E-state index in [1.165, 1.54) is 6.92 Å². The van der Waals surface area contributed by atoms with Gasteiger partial charge in [0.15, 0.2) is 0 Å². The van der Waals surface area contributed by atoms with Crippen molar-refractivity contribution in [2.24, 2.45) is 11.7 Å². The van der Waals surface area contributed by atoms with Crippen LogP contribution >= 0.6 is 0 Å². The quantitative estimate of drug-likeness (QED) is 0.623. The van der Waals surface area contributed by atoms with Crippen LogP contribution in [-0.4, -0.2) is 29.3 Å². The molecule has 0 rings (SSSR count). The molecule has 0 spiro atoms. The van der Waals surface area contributed by atoms with Gasteiger partial charge in [-0.25, -0.2) is 0 Å². The van der Waals surface area contributed by atoms with Crippen LogP contribution in [-0.2, 0) is 9.53 Å². The van der Waals surface area contributed by atoms with Crippen molar-refractivity contribution in [2.45, 2.75) is 45.9 Å². The number of carbonyl (C=O) groups excluding carboxylic acids is 1. The predicted octanol–water partition coefficient (Wildman–Crippen LogP) is 0.282. The summed E-state index contributed by atoms with van der Waals surface area (Å²) in [7, 11) is 0. The summed E-state index contributed by atoms with van der Waals surface area (Å²) in [6.45, 7) is 7.17. The Balaban J connectivity index is 4.00. The zero-order valence-corrected chi connectivity index (χ0v) is 8.65. The van der Waals surface area contributed by atoms with Crippen molar-refractivity contribution < 1.29 is 14.6 Å². The Morgan fingerprint density at radius 3 is 2.08 bits per heavy atom. The minimum Gasteiger partial charge on any atom is -0.461 e. The van der Waals surface area contributed by atoms with E-state index < -0.39 is 18.1 Å². The second-order valence-corrected chi connectivity index (χ2v) is 3.65. The van der Waals surface area contributed by atoms with Crippen LogP contribution in [0.4, 0.5) is 0 Å². The highest BCUT2D eigenvalue weighted by Crippen LogP contribution is 2.06. The summed E-state index contributed by atoms with van der Waals surface area (Å²) >= 11 is 0. The molecule has 1 unspecified atom stereocenters. The molecule has 4 nitrogen and oxygen atoms in total. The van der Waals surface area contributed by atoms with E-state index in [0.29, 0.717) is 0 Å². The first-order valence-electron chi connectivity index (χ1n) is 4.50. The molecule has 0 saturated carbocycles. The molecule has 3 atom stereocenters. The highest BCUT2D eigenvalue weighted by molar-refractivity contribution is 5.76. The molecule has 0 aliphatic rings. The van der Waals surface area contributed by atoms with Gasteiger partial charge in [0.05, 0.1) is 6.10 Å². The number of hydrogen-bond acceptors (Lipinski definition) is 4. The van der Waals surface area contributed by atoms with Gasteiger partial charge >= 0.3 is 5.97 Å². The Hall–Kier alpha value is -0.610. The van der Waals surface area contributed by atoms with E-state index in [4.69, 9.17) is 15.6 Å². The number of hydrogen-bond donors (Lipinski definition) is 2. The number of aliphatic hydroxyl groups excluding tert-OH is 1. The molecule has 0 heterocycles. The summed E-state index contributed by atoms with van der Waals surface area (Å²) in [6.07, 6.45) is -1.04. The molecule has 0 aliphatic carbocycles. The van der Waals surface area contributed by atoms with E-state index in [2.05, 4.69) is 0 Å². The minimum atomic E-state index is -0.943. The number of esters is 1. The fourth-order valence-corrected chi connectivity index (χ4v) is 0.595. The normalized spacial score (nSPS) is 18.1. The van der Waals surface area contributed by atoms with Crippen molar-refractivity contribution in [1.82, 2.24) is 0 Å². The second-order valence-electron chi connectivity index (χ2n) is 3.65. The fraction of sp³-hybridized carbons (Fsp3) is 0.889. The number of aliphatic hydroxyl groups is 1. The van der Waals surface area contributed by atoms with Crippen LogP contribution in [0.1, 0.15) is 27.7 Å². The van der Waals surface area contributed by atoms with Crippen LogP contribution in [0.5, 0.6) is 0 Å². The summed E-state index contributed by atoms with van der Waals surface area (Å²) in [5, 5.41) is 9.02. The molecular weight excluding hydrogens is 170 g/mol. The minimum absolute atomic E-state index is 0.169. The van der Waals surface area contributed by atoms with Crippen molar-refractivity contribution >= 4 is 5.97 Å². The lowest BCUT2D eigenvalue weighted by Gasteiger charge is -2.20. The van der Waals surface area contributed by atoms with Crippen molar-refractivity contribution in [3.63, 3.8) is 0 Å². The van der Waals surface area contributed by atoms with E-state index in [0.717, 1.165) is 0 Å². The zero-order valence-electron chi connectivity index (χ0n) is 8.65. The molecule has 78 valence electrons. The molecule has 0 aromatic carbocycles. The Morgan fingerprint density at radius 2 is 1.77 bits per heavy atom. The maximum atomic E-state index is 11.2. The summed E-state index contributed by atoms with van der Waals surface area (Å²) in [6, 6.07) is -0.943. The monoisotopic (exact) mass is 189 g/mol. The Kier molecular flexibility index (Phi) is 4.95. The van der Waals surface area contributed by atoms with Crippen LogP contribution < -0.4 is 5.73 Å². The SMILES string of the molecule is CC(C)C(C)OC(=O)[C@@H](N)[C@@H](C)O. The first-order chi connectivity index (χ1) is 5.86. The zero-order chi connectivity index (χ0) is 10.6. The molecule has 0 amide bonds. The van der Waals surface area contributed by atoms with Crippen LogP contribution in [0.25, 0.3) is 0 Å². The Bertz CT molecular complexity index is 168. The van der Waals surface area contributed by atoms with Gasteiger partial charge in [0, 0.05) is 0 Å². The Labute approximate surface area is 79.1 Å². The van der Waals surface area contributed by atoms with E-state index in [9.17, 15) is 4.79 Å². The number of carbonyl (C=O) groups is 1. The molecule has 0 saturated heterocycles. The third-order valence-corrected chi connectivity index (χ3v) is 2.03. The van der Waals surface area contributed by atoms with Gasteiger partial charge < -0.3 is 15.6 Å². The first-order valence-corrected chi connectivity index (χ1v) is 4.50. The van der Waals surface area contributed by atoms with Crippen molar-refractivity contribution in [3.05, 3.63) is 0 Å². The standard InChI is InChI=1S/C9H19NO3/c1-5(2)7(4)13-9(12)8(10)6(3)11/h5-8,11H,10H2,1-4H3/t6-,7?,8+/m1/s1. The maximum Gasteiger partial charge on any atom is 0.325 e. The molecule has 0 fully saturated rings. The van der Waals surface area contributed by atoms with Crippen molar-refractivity contribution in [1.29, 1.82) is 0 Å². The smallest absolute Gasteiger partial charge is 0.325 e. The number of rotatable bonds is 4. The molecule has 13 heavy (non-hydrogen) atoms. The lowest BCUT2D eigenvalue weighted by atomic mass is 10.1. The molecule has 4 heteroatoms. The van der Waals surface area contributed by atoms with E-state index in [1.807, 2.05) is 13.8 Å². The van der Waals surface area contributed by atoms with Gasteiger partial charge in [-0.2, -0.15) is 0 Å². The second kappa shape index (κ2) is 5.19. The third-order valence-electron chi connectivity index (χ3n) is 2.03. The Morgan fingerprint density at radius 1 is 1.31 bits per heavy atom. The van der Waals surface area contributed by atoms with Gasteiger partial charge in [-0.1, -0.05) is 13.8 Å². The van der Waals surface area contributed by atoms with Crippen LogP contribution in [0.3, 0.4) is 0 Å². The van der Waals surface area contributed by atoms with E-state index >= 15 is 0 Å². The topological polar surface area (TPSA) is 72.5 Å². The van der Waals surface area contributed by atoms with E-state index in [-0.39, 0.29) is 12.0 Å². The lowest BCUT2D eigenvalue weighted by Crippen LogP contribution is -2.43. The third kappa shape index (κ3) is 4.24. The highest BCUT2D eigenvalue weighted by Gasteiger charge is 2.23. The molecule has 0 aromatic heterocycles. The molecular formula is C9H19NO3. The molecule has 0 bridgehead atoms. The van der Waals surface area contributed by atoms with Crippen LogP contribution in [0, 0.1) is 5.92 Å². The predicted molar refractivity (Wildman–Crippen MR) is 50.0 cm³/mol.